The Bertz CT molecular complexity index is 1430. The number of aryl methyl sites for hydroxylation is 1. The molecule has 0 aliphatic heterocycles. The number of nitrogens with zero attached hydrogens (tertiary/aromatic N) is 4. The second kappa shape index (κ2) is 9.05. The van der Waals surface area contributed by atoms with Crippen LogP contribution in [0, 0.1) is 31.3 Å². The molecule has 2 aromatic carbocycles. The van der Waals surface area contributed by atoms with Crippen molar-refractivity contribution < 1.29 is 22.7 Å². The van der Waals surface area contributed by atoms with Gasteiger partial charge in [-0.2, -0.15) is 9.78 Å². The number of ether oxygens (including phenoxy) is 1. The van der Waals surface area contributed by atoms with Gasteiger partial charge < -0.3 is 9.30 Å². The van der Waals surface area contributed by atoms with E-state index in [4.69, 9.17) is 4.74 Å². The van der Waals surface area contributed by atoms with Gasteiger partial charge in [0.2, 0.25) is 0 Å². The van der Waals surface area contributed by atoms with E-state index in [1.807, 2.05) is 0 Å². The molecule has 0 spiro atoms. The lowest BCUT2D eigenvalue weighted by Gasteiger charge is -2.11. The topological polar surface area (TPSA) is 71.0 Å². The molecule has 0 unspecified atom stereocenters. The number of hydrogen-bond acceptors (Lipinski definition) is 4. The van der Waals surface area contributed by atoms with E-state index in [0.29, 0.717) is 16.8 Å². The Kier molecular flexibility index (Phi) is 6.14. The molecular formula is C24H21F3N4O3. The molecule has 4 aromatic rings. The summed E-state index contributed by atoms with van der Waals surface area (Å²) in [6, 6.07) is 9.32. The first-order valence-electron chi connectivity index (χ1n) is 10.3. The Balaban J connectivity index is 1.61. The average Bonchev–Trinajstić information content (AvgIpc) is 3.31. The molecule has 0 amide bonds. The van der Waals surface area contributed by atoms with Crippen LogP contribution in [0.5, 0.6) is 0 Å². The van der Waals surface area contributed by atoms with Crippen LogP contribution in [0.4, 0.5) is 13.2 Å². The molecule has 10 heteroatoms. The van der Waals surface area contributed by atoms with Gasteiger partial charge in [-0.15, -0.1) is 0 Å². The summed E-state index contributed by atoms with van der Waals surface area (Å²) < 4.78 is 51.4. The zero-order chi connectivity index (χ0) is 24.6. The van der Waals surface area contributed by atoms with Crippen LogP contribution >= 0.6 is 0 Å². The first kappa shape index (κ1) is 23.1. The van der Waals surface area contributed by atoms with Crippen molar-refractivity contribution in [3.8, 4) is 5.69 Å². The molecular weight excluding hydrogens is 449 g/mol. The molecule has 0 aliphatic rings. The summed E-state index contributed by atoms with van der Waals surface area (Å²) in [6.07, 6.45) is 1.14. The van der Waals surface area contributed by atoms with Gasteiger partial charge in [-0.1, -0.05) is 12.1 Å². The van der Waals surface area contributed by atoms with Crippen molar-refractivity contribution in [3.63, 3.8) is 0 Å². The summed E-state index contributed by atoms with van der Waals surface area (Å²) >= 11 is 0. The standard InChI is InChI=1S/C24H21F3N4O3/c1-14-9-18(23(32)34-3)15(2)30(14)11-16-7-8-17(10-22(16)27)31-24(33)29(13-28-31)12-19-20(25)5-4-6-21(19)26/h4-10,13H,11-12H2,1-3H3. The Morgan fingerprint density at radius 1 is 1.00 bits per heavy atom. The van der Waals surface area contributed by atoms with Crippen LogP contribution in [0.25, 0.3) is 5.69 Å². The molecule has 2 aromatic heterocycles. The van der Waals surface area contributed by atoms with Crippen LogP contribution in [0.1, 0.15) is 32.9 Å². The summed E-state index contributed by atoms with van der Waals surface area (Å²) in [5.74, 6) is -2.60. The molecule has 2 heterocycles. The van der Waals surface area contributed by atoms with E-state index in [2.05, 4.69) is 5.10 Å². The third-order valence-electron chi connectivity index (χ3n) is 5.71. The van der Waals surface area contributed by atoms with Crippen LogP contribution in [0.2, 0.25) is 0 Å². The van der Waals surface area contributed by atoms with Gasteiger partial charge in [-0.05, 0) is 38.1 Å². The number of carbonyl (C=O) groups excluding carboxylic acids is 1. The third-order valence-corrected chi connectivity index (χ3v) is 5.71. The van der Waals surface area contributed by atoms with Crippen molar-refractivity contribution in [3.05, 3.63) is 105 Å². The van der Waals surface area contributed by atoms with Gasteiger partial charge >= 0.3 is 11.7 Å². The monoisotopic (exact) mass is 470 g/mol. The van der Waals surface area contributed by atoms with Crippen LogP contribution in [-0.4, -0.2) is 32.0 Å². The van der Waals surface area contributed by atoms with E-state index < -0.39 is 29.1 Å². The number of aromatic nitrogens is 4. The zero-order valence-electron chi connectivity index (χ0n) is 18.7. The number of carbonyl (C=O) groups is 1. The van der Waals surface area contributed by atoms with Gasteiger partial charge in [-0.25, -0.2) is 22.8 Å². The van der Waals surface area contributed by atoms with Gasteiger partial charge in [0.25, 0.3) is 0 Å². The summed E-state index contributed by atoms with van der Waals surface area (Å²) in [7, 11) is 1.29. The molecule has 4 rings (SSSR count). The van der Waals surface area contributed by atoms with Gasteiger partial charge in [0.05, 0.1) is 31.5 Å². The molecule has 0 aliphatic carbocycles. The molecule has 0 radical (unpaired) electrons. The maximum Gasteiger partial charge on any atom is 0.350 e. The van der Waals surface area contributed by atoms with Crippen molar-refractivity contribution >= 4 is 5.97 Å². The van der Waals surface area contributed by atoms with Crippen molar-refractivity contribution in [2.24, 2.45) is 0 Å². The average molecular weight is 470 g/mol. The first-order chi connectivity index (χ1) is 16.2. The molecule has 0 fully saturated rings. The van der Waals surface area contributed by atoms with Gasteiger partial charge in [0, 0.05) is 28.6 Å². The molecule has 34 heavy (non-hydrogen) atoms. The number of benzene rings is 2. The second-order valence-electron chi connectivity index (χ2n) is 7.79. The van der Waals surface area contributed by atoms with Crippen LogP contribution in [0.3, 0.4) is 0 Å². The Hall–Kier alpha value is -4.08. The minimum Gasteiger partial charge on any atom is -0.465 e. The minimum atomic E-state index is -0.777. The number of halogens is 3. The highest BCUT2D eigenvalue weighted by Gasteiger charge is 2.18. The first-order valence-corrected chi connectivity index (χ1v) is 10.3. The fourth-order valence-corrected chi connectivity index (χ4v) is 3.80. The highest BCUT2D eigenvalue weighted by Crippen LogP contribution is 2.20. The predicted molar refractivity (Wildman–Crippen MR) is 118 cm³/mol. The lowest BCUT2D eigenvalue weighted by atomic mass is 10.2. The molecule has 0 bridgehead atoms. The summed E-state index contributed by atoms with van der Waals surface area (Å²) in [5.41, 5.74) is 1.36. The highest BCUT2D eigenvalue weighted by atomic mass is 19.1. The Morgan fingerprint density at radius 2 is 1.71 bits per heavy atom. The quantitative estimate of drug-likeness (QED) is 0.403. The number of esters is 1. The Labute approximate surface area is 192 Å². The summed E-state index contributed by atoms with van der Waals surface area (Å²) in [5, 5.41) is 3.96. The Morgan fingerprint density at radius 3 is 2.35 bits per heavy atom. The maximum atomic E-state index is 15.0. The van der Waals surface area contributed by atoms with Gasteiger partial charge in [0.15, 0.2) is 0 Å². The van der Waals surface area contributed by atoms with E-state index in [0.717, 1.165) is 39.5 Å². The SMILES string of the molecule is COC(=O)c1cc(C)n(Cc2ccc(-n3ncn(Cc4c(F)cccc4F)c3=O)cc2F)c1C. The smallest absolute Gasteiger partial charge is 0.350 e. The van der Waals surface area contributed by atoms with Crippen LogP contribution < -0.4 is 5.69 Å². The highest BCUT2D eigenvalue weighted by molar-refractivity contribution is 5.91. The molecule has 0 N–H and O–H groups in total. The van der Waals surface area contributed by atoms with Crippen molar-refractivity contribution in [2.45, 2.75) is 26.9 Å². The third kappa shape index (κ3) is 4.14. The fraction of sp³-hybridized carbons (Fsp3) is 0.208. The molecule has 7 nitrogen and oxygen atoms in total. The maximum absolute atomic E-state index is 15.0. The molecule has 0 atom stereocenters. The van der Waals surface area contributed by atoms with Crippen LogP contribution in [0.15, 0.2) is 53.6 Å². The molecule has 0 saturated carbocycles. The van der Waals surface area contributed by atoms with Crippen molar-refractivity contribution in [2.75, 3.05) is 7.11 Å². The minimum absolute atomic E-state index is 0.162. The van der Waals surface area contributed by atoms with Crippen molar-refractivity contribution in [1.82, 2.24) is 18.9 Å². The second-order valence-corrected chi connectivity index (χ2v) is 7.79. The summed E-state index contributed by atoms with van der Waals surface area (Å²) in [6.45, 7) is 3.36. The largest absolute Gasteiger partial charge is 0.465 e. The van der Waals surface area contributed by atoms with E-state index in [1.165, 1.54) is 25.3 Å². The number of rotatable bonds is 6. The lowest BCUT2D eigenvalue weighted by molar-refractivity contribution is 0.0599. The predicted octanol–water partition coefficient (Wildman–Crippen LogP) is 3.75. The normalized spacial score (nSPS) is 11.1. The molecule has 0 saturated heterocycles. The zero-order valence-corrected chi connectivity index (χ0v) is 18.7. The lowest BCUT2D eigenvalue weighted by Crippen LogP contribution is -2.25. The summed E-state index contributed by atoms with van der Waals surface area (Å²) in [4.78, 5) is 24.6. The van der Waals surface area contributed by atoms with E-state index in [1.54, 1.807) is 24.5 Å². The molecule has 176 valence electrons. The van der Waals surface area contributed by atoms with Crippen LogP contribution in [-0.2, 0) is 17.8 Å². The number of methoxy groups -OCH3 is 1. The fourth-order valence-electron chi connectivity index (χ4n) is 3.80. The van der Waals surface area contributed by atoms with E-state index in [9.17, 15) is 22.8 Å². The van der Waals surface area contributed by atoms with Crippen molar-refractivity contribution in [1.29, 1.82) is 0 Å². The van der Waals surface area contributed by atoms with Gasteiger partial charge in [-0.3, -0.25) is 4.57 Å². The van der Waals surface area contributed by atoms with Gasteiger partial charge in [0.1, 0.15) is 23.8 Å². The number of hydrogen-bond donors (Lipinski definition) is 0. The van der Waals surface area contributed by atoms with E-state index in [-0.39, 0.29) is 24.3 Å². The van der Waals surface area contributed by atoms with E-state index >= 15 is 0 Å².